The standard InChI is InChI=1S/C15H17N3O/c1-2-11-3-4-15(16-6-11)18-8-12-5-13(18)7-17(12)14-9-19-10-14/h1,3-4,6,12-14H,5,7-10H2/t12-,13-/m0/s1. The molecule has 0 aliphatic carbocycles. The fourth-order valence-electron chi connectivity index (χ4n) is 3.48. The highest BCUT2D eigenvalue weighted by atomic mass is 16.5. The maximum absolute atomic E-state index is 5.36. The molecule has 4 nitrogen and oxygen atoms in total. The molecule has 2 bridgehead atoms. The molecule has 3 saturated heterocycles. The smallest absolute Gasteiger partial charge is 0.128 e. The van der Waals surface area contributed by atoms with E-state index in [1.165, 1.54) is 6.42 Å². The zero-order chi connectivity index (χ0) is 12.8. The van der Waals surface area contributed by atoms with Crippen molar-refractivity contribution in [2.24, 2.45) is 0 Å². The zero-order valence-electron chi connectivity index (χ0n) is 10.8. The number of anilines is 1. The summed E-state index contributed by atoms with van der Waals surface area (Å²) >= 11 is 0. The van der Waals surface area contributed by atoms with Gasteiger partial charge in [0.2, 0.25) is 0 Å². The van der Waals surface area contributed by atoms with Crippen molar-refractivity contribution in [2.75, 3.05) is 31.2 Å². The van der Waals surface area contributed by atoms with Gasteiger partial charge in [-0.2, -0.15) is 0 Å². The van der Waals surface area contributed by atoms with Crippen molar-refractivity contribution in [1.82, 2.24) is 9.88 Å². The van der Waals surface area contributed by atoms with E-state index >= 15 is 0 Å². The number of hydrogen-bond acceptors (Lipinski definition) is 4. The average Bonchev–Trinajstić information content (AvgIpc) is 2.97. The molecule has 0 radical (unpaired) electrons. The molecule has 1 aromatic heterocycles. The number of pyridine rings is 1. The molecule has 4 rings (SSSR count). The summed E-state index contributed by atoms with van der Waals surface area (Å²) in [6.07, 6.45) is 8.41. The predicted molar refractivity (Wildman–Crippen MR) is 73.0 cm³/mol. The Morgan fingerprint density at radius 2 is 2.11 bits per heavy atom. The molecule has 0 N–H and O–H groups in total. The van der Waals surface area contributed by atoms with Crippen molar-refractivity contribution in [3.63, 3.8) is 0 Å². The number of rotatable bonds is 2. The molecule has 3 aliphatic rings. The van der Waals surface area contributed by atoms with E-state index in [0.717, 1.165) is 37.7 Å². The number of likely N-dealkylation sites (tertiary alicyclic amines) is 1. The first-order chi connectivity index (χ1) is 9.35. The summed E-state index contributed by atoms with van der Waals surface area (Å²) in [7, 11) is 0. The Morgan fingerprint density at radius 1 is 1.21 bits per heavy atom. The van der Waals surface area contributed by atoms with Crippen molar-refractivity contribution in [3.05, 3.63) is 23.9 Å². The molecule has 1 aromatic rings. The second-order valence-electron chi connectivity index (χ2n) is 5.63. The van der Waals surface area contributed by atoms with E-state index in [1.54, 1.807) is 6.20 Å². The Bertz CT molecular complexity index is 517. The molecular formula is C15H17N3O. The van der Waals surface area contributed by atoms with Gasteiger partial charge in [-0.3, -0.25) is 4.90 Å². The van der Waals surface area contributed by atoms with Gasteiger partial charge in [-0.25, -0.2) is 4.98 Å². The molecule has 0 aromatic carbocycles. The van der Waals surface area contributed by atoms with Crippen LogP contribution in [0.4, 0.5) is 5.82 Å². The number of piperazine rings is 1. The molecule has 98 valence electrons. The lowest BCUT2D eigenvalue weighted by molar-refractivity contribution is -0.0708. The predicted octanol–water partition coefficient (Wildman–Crippen LogP) is 0.725. The SMILES string of the molecule is C#Cc1ccc(N2C[C@@H]3C[C@H]2CN3C2COC2)nc1. The first-order valence-corrected chi connectivity index (χ1v) is 6.88. The van der Waals surface area contributed by atoms with E-state index in [2.05, 4.69) is 20.7 Å². The second kappa shape index (κ2) is 4.22. The second-order valence-corrected chi connectivity index (χ2v) is 5.63. The number of aromatic nitrogens is 1. The van der Waals surface area contributed by atoms with Gasteiger partial charge in [0.05, 0.1) is 19.3 Å². The van der Waals surface area contributed by atoms with Crippen LogP contribution in [0.2, 0.25) is 0 Å². The normalized spacial score (nSPS) is 30.4. The number of ether oxygens (including phenoxy) is 1. The molecule has 3 fully saturated rings. The van der Waals surface area contributed by atoms with Crippen LogP contribution in [0.5, 0.6) is 0 Å². The molecule has 0 saturated carbocycles. The van der Waals surface area contributed by atoms with Crippen LogP contribution in [0.3, 0.4) is 0 Å². The van der Waals surface area contributed by atoms with E-state index in [-0.39, 0.29) is 0 Å². The topological polar surface area (TPSA) is 28.6 Å². The van der Waals surface area contributed by atoms with Crippen LogP contribution in [0, 0.1) is 12.3 Å². The van der Waals surface area contributed by atoms with Crippen LogP contribution in [0.1, 0.15) is 12.0 Å². The molecule has 3 aliphatic heterocycles. The third-order valence-electron chi connectivity index (χ3n) is 4.58. The summed E-state index contributed by atoms with van der Waals surface area (Å²) in [5.74, 6) is 3.68. The van der Waals surface area contributed by atoms with Crippen LogP contribution in [0.15, 0.2) is 18.3 Å². The van der Waals surface area contributed by atoms with Gasteiger partial charge in [0.25, 0.3) is 0 Å². The van der Waals surface area contributed by atoms with Crippen LogP contribution in [0.25, 0.3) is 0 Å². The first kappa shape index (κ1) is 11.3. The van der Waals surface area contributed by atoms with Gasteiger partial charge in [0, 0.05) is 36.9 Å². The van der Waals surface area contributed by atoms with Crippen molar-refractivity contribution in [2.45, 2.75) is 24.5 Å². The maximum atomic E-state index is 5.36. The van der Waals surface area contributed by atoms with Crippen LogP contribution in [-0.2, 0) is 4.74 Å². The van der Waals surface area contributed by atoms with Gasteiger partial charge in [0.15, 0.2) is 0 Å². The van der Waals surface area contributed by atoms with Crippen molar-refractivity contribution < 1.29 is 4.74 Å². The molecule has 4 heteroatoms. The number of fused-ring (bicyclic) bond motifs is 2. The lowest BCUT2D eigenvalue weighted by atomic mass is 10.1. The van der Waals surface area contributed by atoms with E-state index < -0.39 is 0 Å². The Hall–Kier alpha value is -1.57. The van der Waals surface area contributed by atoms with Crippen molar-refractivity contribution in [3.8, 4) is 12.3 Å². The van der Waals surface area contributed by atoms with Gasteiger partial charge in [-0.05, 0) is 18.6 Å². The Labute approximate surface area is 113 Å². The van der Waals surface area contributed by atoms with Crippen molar-refractivity contribution >= 4 is 5.82 Å². The van der Waals surface area contributed by atoms with Crippen LogP contribution >= 0.6 is 0 Å². The highest BCUT2D eigenvalue weighted by Crippen LogP contribution is 2.35. The van der Waals surface area contributed by atoms with E-state index in [4.69, 9.17) is 11.2 Å². The van der Waals surface area contributed by atoms with Crippen LogP contribution in [-0.4, -0.2) is 54.3 Å². The molecule has 4 heterocycles. The number of hydrogen-bond donors (Lipinski definition) is 0. The van der Waals surface area contributed by atoms with Crippen molar-refractivity contribution in [1.29, 1.82) is 0 Å². The lowest BCUT2D eigenvalue weighted by Gasteiger charge is -2.42. The molecule has 2 atom stereocenters. The van der Waals surface area contributed by atoms with Gasteiger partial charge in [0.1, 0.15) is 5.82 Å². The summed E-state index contributed by atoms with van der Waals surface area (Å²) in [6.45, 7) is 4.07. The third kappa shape index (κ3) is 1.73. The number of nitrogens with zero attached hydrogens (tertiary/aromatic N) is 3. The summed E-state index contributed by atoms with van der Waals surface area (Å²) in [5, 5.41) is 0. The Balaban J connectivity index is 1.49. The molecular weight excluding hydrogens is 238 g/mol. The monoisotopic (exact) mass is 255 g/mol. The Morgan fingerprint density at radius 3 is 2.63 bits per heavy atom. The minimum atomic E-state index is 0.606. The minimum absolute atomic E-state index is 0.606. The van der Waals surface area contributed by atoms with E-state index in [9.17, 15) is 0 Å². The molecule has 0 amide bonds. The molecule has 0 spiro atoms. The Kier molecular flexibility index (Phi) is 2.51. The van der Waals surface area contributed by atoms with Gasteiger partial charge < -0.3 is 9.64 Å². The van der Waals surface area contributed by atoms with Gasteiger partial charge in [-0.1, -0.05) is 5.92 Å². The summed E-state index contributed by atoms with van der Waals surface area (Å²) in [4.78, 5) is 9.55. The largest absolute Gasteiger partial charge is 0.378 e. The highest BCUT2D eigenvalue weighted by Gasteiger charge is 2.47. The molecule has 19 heavy (non-hydrogen) atoms. The maximum Gasteiger partial charge on any atom is 0.128 e. The summed E-state index contributed by atoms with van der Waals surface area (Å²) in [5.41, 5.74) is 0.848. The minimum Gasteiger partial charge on any atom is -0.378 e. The zero-order valence-corrected chi connectivity index (χ0v) is 10.8. The fourth-order valence-corrected chi connectivity index (χ4v) is 3.48. The quantitative estimate of drug-likeness (QED) is 0.728. The number of terminal acetylenes is 1. The average molecular weight is 255 g/mol. The first-order valence-electron chi connectivity index (χ1n) is 6.88. The third-order valence-corrected chi connectivity index (χ3v) is 4.58. The molecule has 0 unspecified atom stereocenters. The van der Waals surface area contributed by atoms with E-state index in [0.29, 0.717) is 18.1 Å². The highest BCUT2D eigenvalue weighted by molar-refractivity contribution is 5.46. The fraction of sp³-hybridized carbons (Fsp3) is 0.533. The lowest BCUT2D eigenvalue weighted by Crippen LogP contribution is -2.56. The van der Waals surface area contributed by atoms with Gasteiger partial charge >= 0.3 is 0 Å². The van der Waals surface area contributed by atoms with Crippen LogP contribution < -0.4 is 4.90 Å². The van der Waals surface area contributed by atoms with E-state index in [1.807, 2.05) is 12.1 Å². The summed E-state index contributed by atoms with van der Waals surface area (Å²) < 4.78 is 5.31. The summed E-state index contributed by atoms with van der Waals surface area (Å²) in [6, 6.07) is 5.97. The van der Waals surface area contributed by atoms with Gasteiger partial charge in [-0.15, -0.1) is 6.42 Å².